The highest BCUT2D eigenvalue weighted by molar-refractivity contribution is 5.69. The summed E-state index contributed by atoms with van der Waals surface area (Å²) in [6, 6.07) is 3.89. The number of aromatic nitrogens is 1. The fraction of sp³-hybridized carbons (Fsp3) is 0.467. The molecular weight excluding hydrogens is 254 g/mol. The predicted octanol–water partition coefficient (Wildman–Crippen LogP) is 2.26. The second-order valence-electron chi connectivity index (χ2n) is 5.90. The van der Waals surface area contributed by atoms with Crippen molar-refractivity contribution in [1.29, 1.82) is 0 Å². The molecule has 0 spiro atoms. The van der Waals surface area contributed by atoms with Crippen LogP contribution in [0.25, 0.3) is 0 Å². The van der Waals surface area contributed by atoms with Crippen molar-refractivity contribution in [3.63, 3.8) is 0 Å². The number of ether oxygens (including phenoxy) is 1. The summed E-state index contributed by atoms with van der Waals surface area (Å²) in [5.74, 6) is 0.116. The predicted molar refractivity (Wildman–Crippen MR) is 77.0 cm³/mol. The van der Waals surface area contributed by atoms with Gasteiger partial charge in [-0.1, -0.05) is 12.2 Å². The van der Waals surface area contributed by atoms with Gasteiger partial charge in [0.2, 0.25) is 0 Å². The lowest BCUT2D eigenvalue weighted by Crippen LogP contribution is -2.50. The van der Waals surface area contributed by atoms with E-state index < -0.39 is 11.8 Å². The maximum Gasteiger partial charge on any atom is 0.411 e. The van der Waals surface area contributed by atoms with Gasteiger partial charge in [-0.15, -0.1) is 0 Å². The first-order valence-electron chi connectivity index (χ1n) is 6.70. The summed E-state index contributed by atoms with van der Waals surface area (Å²) in [5, 5.41) is 0. The molecule has 0 radical (unpaired) electrons. The fourth-order valence-electron chi connectivity index (χ4n) is 2.09. The Labute approximate surface area is 119 Å². The number of nitrogens with zero attached hydrogens (tertiary/aromatic N) is 2. The summed E-state index contributed by atoms with van der Waals surface area (Å²) in [4.78, 5) is 17.7. The van der Waals surface area contributed by atoms with E-state index in [1.165, 1.54) is 0 Å². The molecular formula is C15H21N3O2. The highest BCUT2D eigenvalue weighted by Gasteiger charge is 2.30. The molecule has 1 aromatic rings. The monoisotopic (exact) mass is 275 g/mol. The topological polar surface area (TPSA) is 68.5 Å². The molecule has 1 amide bonds. The Kier molecular flexibility index (Phi) is 4.09. The third-order valence-corrected chi connectivity index (χ3v) is 3.06. The van der Waals surface area contributed by atoms with Crippen LogP contribution < -0.4 is 5.73 Å². The number of carbonyl (C=O) groups excluding carboxylic acids is 1. The van der Waals surface area contributed by atoms with Gasteiger partial charge in [-0.3, -0.25) is 9.88 Å². The molecule has 0 aromatic carbocycles. The Morgan fingerprint density at radius 2 is 2.00 bits per heavy atom. The summed E-state index contributed by atoms with van der Waals surface area (Å²) in [6.45, 7) is 6.04. The normalized spacial score (nSPS) is 22.7. The maximum absolute atomic E-state index is 12.2. The second kappa shape index (κ2) is 5.63. The molecule has 2 atom stereocenters. The van der Waals surface area contributed by atoms with Gasteiger partial charge in [0.25, 0.3) is 0 Å². The van der Waals surface area contributed by atoms with Crippen molar-refractivity contribution in [3.05, 3.63) is 42.2 Å². The molecule has 1 aromatic heterocycles. The molecule has 0 bridgehead atoms. The van der Waals surface area contributed by atoms with Gasteiger partial charge >= 0.3 is 6.09 Å². The van der Waals surface area contributed by atoms with E-state index >= 15 is 0 Å². The van der Waals surface area contributed by atoms with Crippen molar-refractivity contribution >= 4 is 6.09 Å². The molecule has 0 fully saturated rings. The van der Waals surface area contributed by atoms with Crippen LogP contribution in [0, 0.1) is 0 Å². The maximum atomic E-state index is 12.2. The molecule has 1 aliphatic rings. The highest BCUT2D eigenvalue weighted by atomic mass is 16.6. The first-order valence-corrected chi connectivity index (χ1v) is 6.70. The smallest absolute Gasteiger partial charge is 0.411 e. The third-order valence-electron chi connectivity index (χ3n) is 3.06. The summed E-state index contributed by atoms with van der Waals surface area (Å²) in [6.07, 6.45) is 6.53. The molecule has 108 valence electrons. The van der Waals surface area contributed by atoms with Gasteiger partial charge in [0.1, 0.15) is 11.8 Å². The number of rotatable bonds is 1. The average molecular weight is 275 g/mol. The van der Waals surface area contributed by atoms with E-state index in [0.717, 1.165) is 5.56 Å². The minimum Gasteiger partial charge on any atom is -0.444 e. The van der Waals surface area contributed by atoms with Gasteiger partial charge in [0.15, 0.2) is 0 Å². The summed E-state index contributed by atoms with van der Waals surface area (Å²) >= 11 is 0. The highest BCUT2D eigenvalue weighted by Crippen LogP contribution is 2.24. The van der Waals surface area contributed by atoms with E-state index in [9.17, 15) is 4.79 Å². The Bertz CT molecular complexity index is 494. The summed E-state index contributed by atoms with van der Waals surface area (Å²) < 4.78 is 5.39. The minimum absolute atomic E-state index is 0.116. The van der Waals surface area contributed by atoms with Gasteiger partial charge in [0, 0.05) is 24.9 Å². The van der Waals surface area contributed by atoms with Crippen LogP contribution in [0.3, 0.4) is 0 Å². The number of amides is 1. The van der Waals surface area contributed by atoms with Crippen LogP contribution in [0.2, 0.25) is 0 Å². The van der Waals surface area contributed by atoms with E-state index in [1.54, 1.807) is 17.3 Å². The van der Waals surface area contributed by atoms with Gasteiger partial charge in [-0.05, 0) is 38.5 Å². The fourth-order valence-corrected chi connectivity index (χ4v) is 2.09. The lowest BCUT2D eigenvalue weighted by Gasteiger charge is -2.35. The van der Waals surface area contributed by atoms with Crippen molar-refractivity contribution in [2.75, 3.05) is 6.54 Å². The molecule has 1 aliphatic heterocycles. The zero-order chi connectivity index (χ0) is 14.8. The second-order valence-corrected chi connectivity index (χ2v) is 5.90. The Balaban J connectivity index is 2.12. The van der Waals surface area contributed by atoms with Crippen LogP contribution >= 0.6 is 0 Å². The van der Waals surface area contributed by atoms with E-state index in [-0.39, 0.29) is 12.0 Å². The van der Waals surface area contributed by atoms with Crippen molar-refractivity contribution in [2.45, 2.75) is 38.5 Å². The van der Waals surface area contributed by atoms with Crippen LogP contribution in [0.15, 0.2) is 36.7 Å². The molecule has 0 saturated heterocycles. The number of hydrogen-bond acceptors (Lipinski definition) is 4. The first kappa shape index (κ1) is 14.5. The summed E-state index contributed by atoms with van der Waals surface area (Å²) in [5.41, 5.74) is 6.55. The van der Waals surface area contributed by atoms with Crippen molar-refractivity contribution in [2.24, 2.45) is 5.73 Å². The Morgan fingerprint density at radius 3 is 2.60 bits per heavy atom. The molecule has 2 unspecified atom stereocenters. The van der Waals surface area contributed by atoms with Gasteiger partial charge in [-0.25, -0.2) is 4.79 Å². The standard InChI is InChI=1S/C15H21N3O2/c1-15(2,3)20-14(19)18-10-12(4-5-13(18)16)11-6-8-17-9-7-11/h4-9,12-13H,10,16H2,1-3H3. The van der Waals surface area contributed by atoms with Crippen molar-refractivity contribution in [1.82, 2.24) is 9.88 Å². The van der Waals surface area contributed by atoms with Crippen LogP contribution in [-0.2, 0) is 4.74 Å². The van der Waals surface area contributed by atoms with Crippen LogP contribution in [-0.4, -0.2) is 34.3 Å². The van der Waals surface area contributed by atoms with E-state index in [1.807, 2.05) is 45.1 Å². The van der Waals surface area contributed by atoms with E-state index in [2.05, 4.69) is 4.98 Å². The van der Waals surface area contributed by atoms with Crippen molar-refractivity contribution in [3.8, 4) is 0 Å². The molecule has 5 heteroatoms. The van der Waals surface area contributed by atoms with Crippen LogP contribution in [0.5, 0.6) is 0 Å². The van der Waals surface area contributed by atoms with E-state index in [0.29, 0.717) is 6.54 Å². The van der Waals surface area contributed by atoms with Gasteiger partial charge in [-0.2, -0.15) is 0 Å². The molecule has 2 rings (SSSR count). The van der Waals surface area contributed by atoms with Gasteiger partial charge in [0.05, 0.1) is 0 Å². The summed E-state index contributed by atoms with van der Waals surface area (Å²) in [7, 11) is 0. The SMILES string of the molecule is CC(C)(C)OC(=O)N1CC(c2ccncc2)C=CC1N. The molecule has 5 nitrogen and oxygen atoms in total. The largest absolute Gasteiger partial charge is 0.444 e. The number of pyridine rings is 1. The quantitative estimate of drug-likeness (QED) is 0.798. The third kappa shape index (κ3) is 3.57. The van der Waals surface area contributed by atoms with E-state index in [4.69, 9.17) is 10.5 Å². The van der Waals surface area contributed by atoms with Crippen molar-refractivity contribution < 1.29 is 9.53 Å². The van der Waals surface area contributed by atoms with Gasteiger partial charge < -0.3 is 10.5 Å². The number of nitrogens with two attached hydrogens (primary N) is 1. The van der Waals surface area contributed by atoms with Crippen LogP contribution in [0.4, 0.5) is 4.79 Å². The van der Waals surface area contributed by atoms with Crippen LogP contribution in [0.1, 0.15) is 32.3 Å². The molecule has 0 aliphatic carbocycles. The molecule has 0 saturated carbocycles. The number of carbonyl (C=O) groups is 1. The lowest BCUT2D eigenvalue weighted by atomic mass is 9.96. The molecule has 2 heterocycles. The Hall–Kier alpha value is -1.88. The zero-order valence-corrected chi connectivity index (χ0v) is 12.1. The average Bonchev–Trinajstić information content (AvgIpc) is 2.38. The minimum atomic E-state index is -0.524. The number of hydrogen-bond donors (Lipinski definition) is 1. The molecule has 20 heavy (non-hydrogen) atoms. The zero-order valence-electron chi connectivity index (χ0n) is 12.1. The lowest BCUT2D eigenvalue weighted by molar-refractivity contribution is 0.0186. The Morgan fingerprint density at radius 1 is 1.35 bits per heavy atom. The molecule has 2 N–H and O–H groups in total. The first-order chi connectivity index (χ1) is 9.37.